The highest BCUT2D eigenvalue weighted by molar-refractivity contribution is 6.02. The lowest BCUT2D eigenvalue weighted by Crippen LogP contribution is -2.27. The summed E-state index contributed by atoms with van der Waals surface area (Å²) in [7, 11) is 5.65. The Morgan fingerprint density at radius 3 is 2.47 bits per heavy atom. The van der Waals surface area contributed by atoms with Crippen molar-refractivity contribution in [2.45, 2.75) is 39.3 Å². The van der Waals surface area contributed by atoms with E-state index < -0.39 is 0 Å². The minimum Gasteiger partial charge on any atom is -0.507 e. The number of fused-ring (bicyclic) bond motifs is 1. The van der Waals surface area contributed by atoms with Crippen LogP contribution in [0.1, 0.15) is 47.8 Å². The van der Waals surface area contributed by atoms with Gasteiger partial charge in [0.25, 0.3) is 5.91 Å². The van der Waals surface area contributed by atoms with E-state index in [9.17, 15) is 14.7 Å². The Hall–Kier alpha value is -3.12. The number of benzene rings is 2. The lowest BCUT2D eigenvalue weighted by molar-refractivity contribution is -0.113. The number of phenols is 1. The topological polar surface area (TPSA) is 64.1 Å². The van der Waals surface area contributed by atoms with Gasteiger partial charge in [-0.3, -0.25) is 9.59 Å². The number of carbonyl (C=O) groups excluding carboxylic acids is 2. The van der Waals surface area contributed by atoms with Crippen LogP contribution in [-0.2, 0) is 23.3 Å². The second-order valence-electron chi connectivity index (χ2n) is 9.62. The number of amides is 2. The van der Waals surface area contributed by atoms with Gasteiger partial charge in [0.2, 0.25) is 5.91 Å². The monoisotopic (exact) mass is 435 g/mol. The largest absolute Gasteiger partial charge is 0.507 e. The highest BCUT2D eigenvalue weighted by Crippen LogP contribution is 2.34. The van der Waals surface area contributed by atoms with Crippen molar-refractivity contribution in [2.75, 3.05) is 32.6 Å². The molecular weight excluding hydrogens is 402 g/mol. The van der Waals surface area contributed by atoms with Gasteiger partial charge in [-0.1, -0.05) is 45.0 Å². The number of likely N-dealkylation sites (N-methyl/N-ethyl adjacent to an activating group) is 2. The van der Waals surface area contributed by atoms with Gasteiger partial charge in [-0.15, -0.1) is 0 Å². The fourth-order valence-corrected chi connectivity index (χ4v) is 3.80. The second-order valence-corrected chi connectivity index (χ2v) is 9.62. The first-order valence-corrected chi connectivity index (χ1v) is 10.8. The molecule has 0 atom stereocenters. The molecule has 1 aliphatic rings. The third kappa shape index (κ3) is 5.02. The summed E-state index contributed by atoms with van der Waals surface area (Å²) in [5.41, 5.74) is 3.94. The maximum atomic E-state index is 13.3. The van der Waals surface area contributed by atoms with Crippen molar-refractivity contribution in [1.29, 1.82) is 0 Å². The predicted molar refractivity (Wildman–Crippen MR) is 128 cm³/mol. The zero-order valence-corrected chi connectivity index (χ0v) is 19.8. The van der Waals surface area contributed by atoms with E-state index in [-0.39, 0.29) is 23.0 Å². The van der Waals surface area contributed by atoms with Crippen LogP contribution in [0.5, 0.6) is 5.75 Å². The van der Waals surface area contributed by atoms with Crippen LogP contribution < -0.4 is 4.90 Å². The molecule has 6 heteroatoms. The number of carbonyl (C=O) groups is 2. The van der Waals surface area contributed by atoms with E-state index in [0.29, 0.717) is 25.2 Å². The fourth-order valence-electron chi connectivity index (χ4n) is 3.80. The third-order valence-electron chi connectivity index (χ3n) is 5.76. The van der Waals surface area contributed by atoms with E-state index in [1.165, 1.54) is 0 Å². The molecule has 1 N–H and O–H groups in total. The Morgan fingerprint density at radius 2 is 1.81 bits per heavy atom. The molecule has 6 nitrogen and oxygen atoms in total. The molecule has 0 spiro atoms. The van der Waals surface area contributed by atoms with E-state index >= 15 is 0 Å². The Morgan fingerprint density at radius 1 is 1.09 bits per heavy atom. The molecule has 0 bridgehead atoms. The van der Waals surface area contributed by atoms with Crippen molar-refractivity contribution < 1.29 is 14.7 Å². The molecule has 0 saturated carbocycles. The summed E-state index contributed by atoms with van der Waals surface area (Å²) in [5, 5.41) is 10.4. The van der Waals surface area contributed by atoms with Crippen molar-refractivity contribution >= 4 is 17.5 Å². The minimum absolute atomic E-state index is 0.0162. The van der Waals surface area contributed by atoms with Crippen molar-refractivity contribution in [3.8, 4) is 5.75 Å². The van der Waals surface area contributed by atoms with Crippen LogP contribution >= 0.6 is 0 Å². The van der Waals surface area contributed by atoms with E-state index in [1.807, 2.05) is 49.3 Å². The Bertz CT molecular complexity index is 1050. The van der Waals surface area contributed by atoms with Gasteiger partial charge in [0, 0.05) is 44.0 Å². The first kappa shape index (κ1) is 23.5. The maximum Gasteiger partial charge on any atom is 0.258 e. The summed E-state index contributed by atoms with van der Waals surface area (Å²) < 4.78 is 0. The standard InChI is InChI=1S/C26H33N3O3/c1-26(2,3)19-12-13-23(30)20(15-19)25(32)29-16-18-9-7-10-22(21(18)17-29)28(6)24(31)11-8-14-27(4)5/h7-13,15,30H,14,16-17H2,1-6H3/b11-8+. The number of aromatic hydroxyl groups is 1. The number of anilines is 1. The number of hydrogen-bond donors (Lipinski definition) is 1. The Kier molecular flexibility index (Phi) is 6.74. The van der Waals surface area contributed by atoms with Crippen LogP contribution in [0, 0.1) is 0 Å². The second kappa shape index (κ2) is 9.17. The Labute approximate surface area is 190 Å². The normalized spacial score (nSPS) is 13.7. The summed E-state index contributed by atoms with van der Waals surface area (Å²) in [4.78, 5) is 31.3. The SMILES string of the molecule is CN(C)C/C=C/C(=O)N(C)c1cccc2c1CN(C(=O)c1cc(C(C)(C)C)ccc1O)C2. The summed E-state index contributed by atoms with van der Waals surface area (Å²) in [5.74, 6) is -0.339. The van der Waals surface area contributed by atoms with Gasteiger partial charge in [-0.05, 0) is 48.8 Å². The van der Waals surface area contributed by atoms with Crippen LogP contribution in [0.25, 0.3) is 0 Å². The number of nitrogens with zero attached hydrogens (tertiary/aromatic N) is 3. The third-order valence-corrected chi connectivity index (χ3v) is 5.76. The molecule has 2 aromatic carbocycles. The lowest BCUT2D eigenvalue weighted by atomic mass is 9.86. The molecule has 32 heavy (non-hydrogen) atoms. The van der Waals surface area contributed by atoms with Crippen LogP contribution in [-0.4, -0.2) is 54.4 Å². The van der Waals surface area contributed by atoms with E-state index in [1.54, 1.807) is 35.1 Å². The van der Waals surface area contributed by atoms with Crippen LogP contribution in [0.4, 0.5) is 5.69 Å². The molecule has 170 valence electrons. The van der Waals surface area contributed by atoms with Gasteiger partial charge in [0.1, 0.15) is 5.75 Å². The first-order chi connectivity index (χ1) is 15.0. The molecule has 0 radical (unpaired) electrons. The van der Waals surface area contributed by atoms with Gasteiger partial charge in [-0.25, -0.2) is 0 Å². The number of hydrogen-bond acceptors (Lipinski definition) is 4. The quantitative estimate of drug-likeness (QED) is 0.723. The van der Waals surface area contributed by atoms with Crippen molar-refractivity contribution in [1.82, 2.24) is 9.80 Å². The lowest BCUT2D eigenvalue weighted by Gasteiger charge is -2.22. The van der Waals surface area contributed by atoms with Gasteiger partial charge in [0.15, 0.2) is 0 Å². The summed E-state index contributed by atoms with van der Waals surface area (Å²) in [6, 6.07) is 11.0. The molecular formula is C26H33N3O3. The van der Waals surface area contributed by atoms with Gasteiger partial charge in [0.05, 0.1) is 5.56 Å². The molecule has 1 aliphatic heterocycles. The average molecular weight is 436 g/mol. The zero-order chi connectivity index (χ0) is 23.6. The van der Waals surface area contributed by atoms with Gasteiger partial charge >= 0.3 is 0 Å². The maximum absolute atomic E-state index is 13.3. The van der Waals surface area contributed by atoms with Crippen LogP contribution in [0.15, 0.2) is 48.6 Å². The predicted octanol–water partition coefficient (Wildman–Crippen LogP) is 3.93. The van der Waals surface area contributed by atoms with E-state index in [0.717, 1.165) is 22.4 Å². The average Bonchev–Trinajstić information content (AvgIpc) is 3.16. The summed E-state index contributed by atoms with van der Waals surface area (Å²) >= 11 is 0. The molecule has 2 aromatic rings. The Balaban J connectivity index is 1.83. The number of rotatable bonds is 5. The van der Waals surface area contributed by atoms with Crippen molar-refractivity contribution in [3.63, 3.8) is 0 Å². The van der Waals surface area contributed by atoms with E-state index in [4.69, 9.17) is 0 Å². The van der Waals surface area contributed by atoms with Crippen LogP contribution in [0.3, 0.4) is 0 Å². The molecule has 1 heterocycles. The van der Waals surface area contributed by atoms with Crippen LogP contribution in [0.2, 0.25) is 0 Å². The zero-order valence-electron chi connectivity index (χ0n) is 19.8. The summed E-state index contributed by atoms with van der Waals surface area (Å²) in [6.07, 6.45) is 3.41. The van der Waals surface area contributed by atoms with Gasteiger partial charge < -0.3 is 19.8 Å². The molecule has 0 fully saturated rings. The van der Waals surface area contributed by atoms with Crippen molar-refractivity contribution in [2.24, 2.45) is 0 Å². The smallest absolute Gasteiger partial charge is 0.258 e. The molecule has 3 rings (SSSR count). The highest BCUT2D eigenvalue weighted by Gasteiger charge is 2.30. The molecule has 2 amide bonds. The molecule has 0 aliphatic carbocycles. The first-order valence-electron chi connectivity index (χ1n) is 10.8. The number of phenolic OH excluding ortho intramolecular Hbond substituents is 1. The highest BCUT2D eigenvalue weighted by atomic mass is 16.3. The fraction of sp³-hybridized carbons (Fsp3) is 0.385. The summed E-state index contributed by atoms with van der Waals surface area (Å²) in [6.45, 7) is 7.75. The van der Waals surface area contributed by atoms with E-state index in [2.05, 4.69) is 20.8 Å². The molecule has 0 aromatic heterocycles. The molecule has 0 unspecified atom stereocenters. The van der Waals surface area contributed by atoms with Crippen molar-refractivity contribution in [3.05, 3.63) is 70.8 Å². The molecule has 0 saturated heterocycles. The van der Waals surface area contributed by atoms with Gasteiger partial charge in [-0.2, -0.15) is 0 Å². The minimum atomic E-state index is -0.212.